The summed E-state index contributed by atoms with van der Waals surface area (Å²) in [4.78, 5) is 23.2. The Labute approximate surface area is 158 Å². The van der Waals surface area contributed by atoms with E-state index in [-0.39, 0.29) is 5.91 Å². The molecule has 128 valence electrons. The monoisotopic (exact) mass is 377 g/mol. The standard InChI is InChI=1S/C20H15N3OS2/c1-13-15(19-23-17-8-3-11-21-20(17)26-19)6-2-7-16(13)22-18(24)10-9-14-5-4-12-25-14/h2-12H,1H3,(H,22,24)/b10-9+. The summed E-state index contributed by atoms with van der Waals surface area (Å²) in [6.07, 6.45) is 5.14. The van der Waals surface area contributed by atoms with E-state index in [2.05, 4.69) is 15.3 Å². The smallest absolute Gasteiger partial charge is 0.248 e. The van der Waals surface area contributed by atoms with Crippen LogP contribution in [-0.4, -0.2) is 15.9 Å². The number of anilines is 1. The van der Waals surface area contributed by atoms with Crippen LogP contribution < -0.4 is 5.32 Å². The van der Waals surface area contributed by atoms with E-state index in [1.807, 2.05) is 60.8 Å². The zero-order valence-corrected chi connectivity index (χ0v) is 15.6. The van der Waals surface area contributed by atoms with E-state index in [0.717, 1.165) is 37.0 Å². The second kappa shape index (κ2) is 7.19. The molecular weight excluding hydrogens is 362 g/mol. The second-order valence-electron chi connectivity index (χ2n) is 5.66. The first kappa shape index (κ1) is 16.6. The molecule has 1 amide bonds. The Balaban J connectivity index is 1.60. The molecule has 0 aliphatic rings. The van der Waals surface area contributed by atoms with Crippen molar-refractivity contribution in [3.63, 3.8) is 0 Å². The SMILES string of the molecule is Cc1c(NC(=O)/C=C/c2cccs2)cccc1-c1nc2cccnc2s1. The van der Waals surface area contributed by atoms with E-state index in [1.165, 1.54) is 0 Å². The molecule has 0 saturated heterocycles. The van der Waals surface area contributed by atoms with Gasteiger partial charge in [0.25, 0.3) is 0 Å². The molecule has 0 radical (unpaired) electrons. The highest BCUT2D eigenvalue weighted by Gasteiger charge is 2.12. The van der Waals surface area contributed by atoms with Crippen molar-refractivity contribution in [2.24, 2.45) is 0 Å². The molecular formula is C20H15N3OS2. The molecule has 6 heteroatoms. The van der Waals surface area contributed by atoms with E-state index in [1.54, 1.807) is 34.9 Å². The van der Waals surface area contributed by atoms with Crippen LogP contribution in [0.15, 0.2) is 60.1 Å². The third-order valence-electron chi connectivity index (χ3n) is 3.93. The van der Waals surface area contributed by atoms with Gasteiger partial charge in [0, 0.05) is 28.4 Å². The van der Waals surface area contributed by atoms with Crippen LogP contribution >= 0.6 is 22.7 Å². The van der Waals surface area contributed by atoms with Crippen molar-refractivity contribution in [3.8, 4) is 10.6 Å². The van der Waals surface area contributed by atoms with Crippen molar-refractivity contribution in [1.29, 1.82) is 0 Å². The number of amides is 1. The highest BCUT2D eigenvalue weighted by molar-refractivity contribution is 7.21. The molecule has 26 heavy (non-hydrogen) atoms. The van der Waals surface area contributed by atoms with Crippen molar-refractivity contribution in [1.82, 2.24) is 9.97 Å². The van der Waals surface area contributed by atoms with E-state index < -0.39 is 0 Å². The summed E-state index contributed by atoms with van der Waals surface area (Å²) in [6, 6.07) is 13.6. The first-order valence-corrected chi connectivity index (χ1v) is 9.74. The number of carbonyl (C=O) groups excluding carboxylic acids is 1. The maximum atomic E-state index is 12.2. The quantitative estimate of drug-likeness (QED) is 0.486. The number of nitrogens with one attached hydrogen (secondary N) is 1. The van der Waals surface area contributed by atoms with Crippen LogP contribution in [0, 0.1) is 6.92 Å². The van der Waals surface area contributed by atoms with Gasteiger partial charge in [-0.05, 0) is 48.2 Å². The van der Waals surface area contributed by atoms with Crippen molar-refractivity contribution in [3.05, 3.63) is 70.6 Å². The van der Waals surface area contributed by atoms with Gasteiger partial charge in [0.2, 0.25) is 5.91 Å². The van der Waals surface area contributed by atoms with Crippen molar-refractivity contribution < 1.29 is 4.79 Å². The predicted molar refractivity (Wildman–Crippen MR) is 110 cm³/mol. The minimum Gasteiger partial charge on any atom is -0.322 e. The molecule has 3 heterocycles. The highest BCUT2D eigenvalue weighted by atomic mass is 32.1. The average molecular weight is 377 g/mol. The summed E-state index contributed by atoms with van der Waals surface area (Å²) in [6.45, 7) is 1.99. The van der Waals surface area contributed by atoms with Gasteiger partial charge in [0.1, 0.15) is 15.4 Å². The number of fused-ring (bicyclic) bond motifs is 1. The Hall–Kier alpha value is -2.83. The Morgan fingerprint density at radius 1 is 1.15 bits per heavy atom. The van der Waals surface area contributed by atoms with Crippen molar-refractivity contribution >= 4 is 50.7 Å². The number of nitrogens with zero attached hydrogens (tertiary/aromatic N) is 2. The van der Waals surface area contributed by atoms with Gasteiger partial charge in [0.05, 0.1) is 0 Å². The minimum absolute atomic E-state index is 0.149. The van der Waals surface area contributed by atoms with Crippen LogP contribution in [0.2, 0.25) is 0 Å². The van der Waals surface area contributed by atoms with Gasteiger partial charge < -0.3 is 5.32 Å². The first-order chi connectivity index (χ1) is 12.7. The predicted octanol–water partition coefficient (Wildman–Crippen LogP) is 5.38. The summed E-state index contributed by atoms with van der Waals surface area (Å²) in [5.41, 5.74) is 3.67. The maximum absolute atomic E-state index is 12.2. The van der Waals surface area contributed by atoms with E-state index in [9.17, 15) is 4.79 Å². The fourth-order valence-electron chi connectivity index (χ4n) is 2.61. The van der Waals surface area contributed by atoms with Gasteiger partial charge in [-0.15, -0.1) is 11.3 Å². The third-order valence-corrected chi connectivity index (χ3v) is 5.78. The summed E-state index contributed by atoms with van der Waals surface area (Å²) in [5, 5.41) is 5.84. The molecule has 0 aliphatic carbocycles. The third kappa shape index (κ3) is 3.42. The molecule has 0 fully saturated rings. The molecule has 4 aromatic rings. The number of hydrogen-bond donors (Lipinski definition) is 1. The molecule has 4 rings (SSSR count). The Morgan fingerprint density at radius 3 is 2.88 bits per heavy atom. The van der Waals surface area contributed by atoms with Crippen LogP contribution in [0.4, 0.5) is 5.69 Å². The van der Waals surface area contributed by atoms with Gasteiger partial charge in [-0.2, -0.15) is 0 Å². The Bertz CT molecular complexity index is 1060. The van der Waals surface area contributed by atoms with Gasteiger partial charge >= 0.3 is 0 Å². The van der Waals surface area contributed by atoms with E-state index in [4.69, 9.17) is 0 Å². The largest absolute Gasteiger partial charge is 0.322 e. The maximum Gasteiger partial charge on any atom is 0.248 e. The molecule has 0 saturated carbocycles. The zero-order chi connectivity index (χ0) is 17.9. The number of rotatable bonds is 4. The molecule has 0 spiro atoms. The minimum atomic E-state index is -0.149. The summed E-state index contributed by atoms with van der Waals surface area (Å²) in [5.74, 6) is -0.149. The molecule has 0 aliphatic heterocycles. The lowest BCUT2D eigenvalue weighted by Crippen LogP contribution is -2.09. The number of thiophene rings is 1. The molecule has 1 aromatic carbocycles. The molecule has 0 unspecified atom stereocenters. The lowest BCUT2D eigenvalue weighted by Gasteiger charge is -2.09. The lowest BCUT2D eigenvalue weighted by molar-refractivity contribution is -0.111. The van der Waals surface area contributed by atoms with Gasteiger partial charge in [-0.3, -0.25) is 4.79 Å². The number of carbonyl (C=O) groups is 1. The Morgan fingerprint density at radius 2 is 2.08 bits per heavy atom. The first-order valence-electron chi connectivity index (χ1n) is 8.05. The number of hydrogen-bond acceptors (Lipinski definition) is 5. The zero-order valence-electron chi connectivity index (χ0n) is 14.0. The molecule has 4 nitrogen and oxygen atoms in total. The van der Waals surface area contributed by atoms with Crippen LogP contribution in [0.25, 0.3) is 27.0 Å². The van der Waals surface area contributed by atoms with Gasteiger partial charge in [-0.1, -0.05) is 29.5 Å². The number of benzene rings is 1. The van der Waals surface area contributed by atoms with Crippen molar-refractivity contribution in [2.45, 2.75) is 6.92 Å². The summed E-state index contributed by atoms with van der Waals surface area (Å²) < 4.78 is 0. The van der Waals surface area contributed by atoms with Crippen LogP contribution in [0.1, 0.15) is 10.4 Å². The van der Waals surface area contributed by atoms with Gasteiger partial charge in [-0.25, -0.2) is 9.97 Å². The van der Waals surface area contributed by atoms with Crippen LogP contribution in [0.5, 0.6) is 0 Å². The van der Waals surface area contributed by atoms with Crippen LogP contribution in [-0.2, 0) is 4.79 Å². The molecule has 0 atom stereocenters. The summed E-state index contributed by atoms with van der Waals surface area (Å²) in [7, 11) is 0. The summed E-state index contributed by atoms with van der Waals surface area (Å²) >= 11 is 3.15. The average Bonchev–Trinajstić information content (AvgIpc) is 3.31. The second-order valence-corrected chi connectivity index (χ2v) is 7.62. The fraction of sp³-hybridized carbons (Fsp3) is 0.0500. The van der Waals surface area contributed by atoms with E-state index in [0.29, 0.717) is 0 Å². The normalized spacial score (nSPS) is 11.3. The number of pyridine rings is 1. The van der Waals surface area contributed by atoms with Gasteiger partial charge in [0.15, 0.2) is 0 Å². The molecule has 1 N–H and O–H groups in total. The number of thiazole rings is 1. The fourth-order valence-corrected chi connectivity index (χ4v) is 4.21. The molecule has 3 aromatic heterocycles. The Kier molecular flexibility index (Phi) is 4.60. The van der Waals surface area contributed by atoms with Crippen molar-refractivity contribution in [2.75, 3.05) is 5.32 Å². The topological polar surface area (TPSA) is 54.9 Å². The highest BCUT2D eigenvalue weighted by Crippen LogP contribution is 2.33. The lowest BCUT2D eigenvalue weighted by atomic mass is 10.1. The van der Waals surface area contributed by atoms with Crippen LogP contribution in [0.3, 0.4) is 0 Å². The van der Waals surface area contributed by atoms with E-state index >= 15 is 0 Å². The molecule has 0 bridgehead atoms. The number of aromatic nitrogens is 2.